The van der Waals surface area contributed by atoms with Gasteiger partial charge in [-0.3, -0.25) is 19.4 Å². The van der Waals surface area contributed by atoms with E-state index in [-0.39, 0.29) is 16.7 Å². The van der Waals surface area contributed by atoms with E-state index in [0.29, 0.717) is 0 Å². The predicted molar refractivity (Wildman–Crippen MR) is 92.9 cm³/mol. The van der Waals surface area contributed by atoms with Gasteiger partial charge < -0.3 is 5.32 Å². The zero-order valence-electron chi connectivity index (χ0n) is 15.2. The van der Waals surface area contributed by atoms with Gasteiger partial charge in [-0.25, -0.2) is 26.9 Å². The van der Waals surface area contributed by atoms with Crippen LogP contribution in [0.4, 0.5) is 33.3 Å². The van der Waals surface area contributed by atoms with Crippen molar-refractivity contribution in [1.29, 1.82) is 0 Å². The number of hydrogen-bond acceptors (Lipinski definition) is 6. The first kappa shape index (κ1) is 20.4. The van der Waals surface area contributed by atoms with E-state index in [1.807, 2.05) is 0 Å². The van der Waals surface area contributed by atoms with Crippen LogP contribution in [0.5, 0.6) is 0 Å². The van der Waals surface area contributed by atoms with E-state index in [1.54, 1.807) is 0 Å². The molecule has 0 aliphatic carbocycles. The highest BCUT2D eigenvalue weighted by molar-refractivity contribution is 6.25. The topological polar surface area (TPSA) is 94.4 Å². The van der Waals surface area contributed by atoms with Gasteiger partial charge in [0.05, 0.1) is 0 Å². The van der Waals surface area contributed by atoms with Crippen LogP contribution in [0.25, 0.3) is 0 Å². The molecule has 2 aromatic rings. The molecule has 1 fully saturated rings. The van der Waals surface area contributed by atoms with Crippen LogP contribution in [0.15, 0.2) is 40.7 Å². The number of anilines is 2. The van der Waals surface area contributed by atoms with Gasteiger partial charge in [0.1, 0.15) is 18.0 Å². The molecule has 2 atom stereocenters. The Bertz CT molecular complexity index is 1130. The number of carbonyl (C=O) groups excluding carboxylic acids is 3. The van der Waals surface area contributed by atoms with E-state index in [4.69, 9.17) is 0 Å². The van der Waals surface area contributed by atoms with Gasteiger partial charge in [0.25, 0.3) is 11.8 Å². The van der Waals surface area contributed by atoms with Crippen molar-refractivity contribution in [2.24, 2.45) is 10.3 Å². The molecule has 1 saturated heterocycles. The summed E-state index contributed by atoms with van der Waals surface area (Å²) in [6.45, 7) is -0.628. The lowest BCUT2D eigenvalue weighted by Crippen LogP contribution is -2.43. The molecular formula is C18H10F5N5O3. The van der Waals surface area contributed by atoms with Gasteiger partial charge in [-0.15, -0.1) is 0 Å². The molecule has 0 unspecified atom stereocenters. The smallest absolute Gasteiger partial charge is 0.263 e. The molecule has 31 heavy (non-hydrogen) atoms. The number of nitrogens with one attached hydrogen (secondary N) is 1. The molecule has 0 aromatic heterocycles. The second-order valence-electron chi connectivity index (χ2n) is 6.58. The Morgan fingerprint density at radius 1 is 1.00 bits per heavy atom. The van der Waals surface area contributed by atoms with Crippen molar-refractivity contribution in [2.75, 3.05) is 16.8 Å². The van der Waals surface area contributed by atoms with Gasteiger partial charge in [-0.2, -0.15) is 5.11 Å². The molecule has 3 amide bonds. The Morgan fingerprint density at radius 2 is 1.68 bits per heavy atom. The maximum absolute atomic E-state index is 14.1. The van der Waals surface area contributed by atoms with Gasteiger partial charge in [-0.05, 0) is 18.2 Å². The van der Waals surface area contributed by atoms with Gasteiger partial charge in [-0.1, -0.05) is 11.3 Å². The average Bonchev–Trinajstić information content (AvgIpc) is 3.21. The van der Waals surface area contributed by atoms with Crippen LogP contribution in [0, 0.1) is 29.1 Å². The fraction of sp³-hybridized carbons (Fsp3) is 0.167. The van der Waals surface area contributed by atoms with Crippen molar-refractivity contribution in [1.82, 2.24) is 5.01 Å². The molecule has 0 bridgehead atoms. The number of hydrogen-bond donors (Lipinski definition) is 1. The third-order valence-electron chi connectivity index (χ3n) is 4.58. The number of nitrogens with zero attached hydrogens (tertiary/aromatic N) is 4. The Labute approximate surface area is 169 Å². The second-order valence-corrected chi connectivity index (χ2v) is 6.58. The summed E-state index contributed by atoms with van der Waals surface area (Å²) in [5, 5.41) is 10.2. The molecule has 2 aromatic carbocycles. The molecule has 0 saturated carbocycles. The van der Waals surface area contributed by atoms with Crippen molar-refractivity contribution < 1.29 is 36.3 Å². The second kappa shape index (κ2) is 7.41. The van der Waals surface area contributed by atoms with Crippen molar-refractivity contribution in [2.45, 2.75) is 12.1 Å². The molecule has 2 aliphatic rings. The fourth-order valence-corrected chi connectivity index (χ4v) is 3.24. The highest BCUT2D eigenvalue weighted by Gasteiger charge is 2.56. The third-order valence-corrected chi connectivity index (χ3v) is 4.58. The van der Waals surface area contributed by atoms with Crippen LogP contribution in [0.3, 0.4) is 0 Å². The van der Waals surface area contributed by atoms with E-state index < -0.39 is 71.1 Å². The maximum Gasteiger partial charge on any atom is 0.263 e. The highest BCUT2D eigenvalue weighted by atomic mass is 19.2. The van der Waals surface area contributed by atoms with Crippen molar-refractivity contribution in [3.05, 3.63) is 59.4 Å². The lowest BCUT2D eigenvalue weighted by atomic mass is 10.1. The number of rotatable bonds is 4. The average molecular weight is 439 g/mol. The van der Waals surface area contributed by atoms with Crippen molar-refractivity contribution in [3.8, 4) is 0 Å². The molecule has 0 radical (unpaired) electrons. The highest BCUT2D eigenvalue weighted by Crippen LogP contribution is 2.36. The molecule has 160 valence electrons. The monoisotopic (exact) mass is 439 g/mol. The van der Waals surface area contributed by atoms with Crippen LogP contribution in [-0.4, -0.2) is 41.4 Å². The summed E-state index contributed by atoms with van der Waals surface area (Å²) >= 11 is 0. The lowest BCUT2D eigenvalue weighted by Gasteiger charge is -2.21. The number of benzene rings is 2. The van der Waals surface area contributed by atoms with E-state index in [9.17, 15) is 36.3 Å². The number of imide groups is 1. The van der Waals surface area contributed by atoms with Crippen molar-refractivity contribution in [3.63, 3.8) is 0 Å². The van der Waals surface area contributed by atoms with Crippen LogP contribution in [0.1, 0.15) is 0 Å². The normalized spacial score (nSPS) is 19.9. The van der Waals surface area contributed by atoms with Crippen molar-refractivity contribution >= 4 is 29.1 Å². The van der Waals surface area contributed by atoms with E-state index in [0.717, 1.165) is 17.1 Å². The van der Waals surface area contributed by atoms with Gasteiger partial charge in [0.2, 0.25) is 5.91 Å². The molecule has 8 nitrogen and oxygen atoms in total. The van der Waals surface area contributed by atoms with E-state index in [1.165, 1.54) is 12.1 Å². The Balaban J connectivity index is 1.57. The first-order valence-electron chi connectivity index (χ1n) is 8.62. The SMILES string of the molecule is O=C(CN1N=N[C@@H]2C(=O)N(c3c(F)c(F)cc(F)c3F)C(=O)[C@@H]21)Nc1cccc(F)c1. The lowest BCUT2D eigenvalue weighted by molar-refractivity contribution is -0.123. The van der Waals surface area contributed by atoms with Crippen LogP contribution in [-0.2, 0) is 14.4 Å². The Kier molecular flexibility index (Phi) is 4.87. The molecule has 2 aliphatic heterocycles. The number of fused-ring (bicyclic) bond motifs is 1. The minimum absolute atomic E-state index is 0.0538. The van der Waals surface area contributed by atoms with Gasteiger partial charge >= 0.3 is 0 Å². The zero-order chi connectivity index (χ0) is 22.4. The zero-order valence-corrected chi connectivity index (χ0v) is 15.2. The predicted octanol–water partition coefficient (Wildman–Crippen LogP) is 2.31. The van der Waals surface area contributed by atoms with E-state index in [2.05, 4.69) is 15.7 Å². The molecule has 0 spiro atoms. The molecule has 4 rings (SSSR count). The fourth-order valence-electron chi connectivity index (χ4n) is 3.24. The summed E-state index contributed by atoms with van der Waals surface area (Å²) in [6.07, 6.45) is 0. The molecule has 13 heteroatoms. The van der Waals surface area contributed by atoms with Crippen LogP contribution >= 0.6 is 0 Å². The van der Waals surface area contributed by atoms with Crippen LogP contribution in [0.2, 0.25) is 0 Å². The number of amides is 3. The molecule has 2 heterocycles. The summed E-state index contributed by atoms with van der Waals surface area (Å²) in [6, 6.07) is 1.72. The Morgan fingerprint density at radius 3 is 2.32 bits per heavy atom. The maximum atomic E-state index is 14.1. The largest absolute Gasteiger partial charge is 0.324 e. The summed E-state index contributed by atoms with van der Waals surface area (Å²) < 4.78 is 68.5. The number of carbonyl (C=O) groups is 3. The summed E-state index contributed by atoms with van der Waals surface area (Å²) in [5.41, 5.74) is -1.41. The number of halogens is 5. The quantitative estimate of drug-likeness (QED) is 0.450. The molecular weight excluding hydrogens is 429 g/mol. The molecule has 1 N–H and O–H groups in total. The third kappa shape index (κ3) is 3.37. The standard InChI is InChI=1S/C18H10F5N5O3/c19-7-2-1-3-8(4-7)24-11(29)6-27-16-14(25-26-27)17(30)28(18(16)31)15-12(22)9(20)5-10(21)13(15)23/h1-5,14,16H,6H2,(H,24,29)/t14-,16+/m0/s1. The first-order valence-corrected chi connectivity index (χ1v) is 8.62. The summed E-state index contributed by atoms with van der Waals surface area (Å²) in [5.74, 6) is -11.4. The van der Waals surface area contributed by atoms with E-state index >= 15 is 0 Å². The summed E-state index contributed by atoms with van der Waals surface area (Å²) in [7, 11) is 0. The minimum Gasteiger partial charge on any atom is -0.324 e. The summed E-state index contributed by atoms with van der Waals surface area (Å²) in [4.78, 5) is 37.3. The Hall–Kier alpha value is -3.90. The van der Waals surface area contributed by atoms with Crippen LogP contribution < -0.4 is 10.2 Å². The first-order chi connectivity index (χ1) is 14.7. The minimum atomic E-state index is -1.94. The van der Waals surface area contributed by atoms with Gasteiger partial charge in [0, 0.05) is 11.8 Å². The van der Waals surface area contributed by atoms with Gasteiger partial charge in [0.15, 0.2) is 35.4 Å².